The molecule has 1 rings (SSSR count). The summed E-state index contributed by atoms with van der Waals surface area (Å²) >= 11 is 0. The van der Waals surface area contributed by atoms with Gasteiger partial charge in [0.1, 0.15) is 0 Å². The molecule has 0 bridgehead atoms. The lowest BCUT2D eigenvalue weighted by Crippen LogP contribution is -2.48. The highest BCUT2D eigenvalue weighted by molar-refractivity contribution is 5.49. The number of anilines is 1. The van der Waals surface area contributed by atoms with Gasteiger partial charge in [0.2, 0.25) is 0 Å². The molecule has 1 aromatic carbocycles. The maximum absolute atomic E-state index is 10.3. The molecule has 4 heteroatoms. The van der Waals surface area contributed by atoms with Crippen LogP contribution >= 0.6 is 0 Å². The molecule has 0 heterocycles. The summed E-state index contributed by atoms with van der Waals surface area (Å²) < 4.78 is 0. The SMILES string of the molecule is CC(C)NCC(C)(O)CN(C)c1ccc(C#N)cc1. The second kappa shape index (κ2) is 6.55. The number of nitrogens with one attached hydrogen (secondary N) is 1. The molecule has 0 saturated carbocycles. The van der Waals surface area contributed by atoms with Crippen LogP contribution in [-0.2, 0) is 0 Å². The van der Waals surface area contributed by atoms with Crippen LogP contribution in [0.3, 0.4) is 0 Å². The molecule has 104 valence electrons. The van der Waals surface area contributed by atoms with Crippen molar-refractivity contribution in [2.24, 2.45) is 0 Å². The smallest absolute Gasteiger partial charge is 0.0991 e. The second-order valence-corrected chi connectivity index (χ2v) is 5.55. The Morgan fingerprint density at radius 3 is 2.42 bits per heavy atom. The average molecular weight is 261 g/mol. The molecule has 0 aromatic heterocycles. The molecule has 19 heavy (non-hydrogen) atoms. The van der Waals surface area contributed by atoms with E-state index in [0.717, 1.165) is 5.69 Å². The maximum Gasteiger partial charge on any atom is 0.0991 e. The minimum atomic E-state index is -0.799. The van der Waals surface area contributed by atoms with E-state index in [1.54, 1.807) is 12.1 Å². The van der Waals surface area contributed by atoms with Crippen molar-refractivity contribution in [3.63, 3.8) is 0 Å². The molecule has 1 aromatic rings. The fourth-order valence-corrected chi connectivity index (χ4v) is 1.87. The lowest BCUT2D eigenvalue weighted by Gasteiger charge is -2.31. The number of aliphatic hydroxyl groups is 1. The van der Waals surface area contributed by atoms with E-state index < -0.39 is 5.60 Å². The first-order valence-corrected chi connectivity index (χ1v) is 6.51. The van der Waals surface area contributed by atoms with Gasteiger partial charge in [-0.15, -0.1) is 0 Å². The highest BCUT2D eigenvalue weighted by atomic mass is 16.3. The number of benzene rings is 1. The average Bonchev–Trinajstić information content (AvgIpc) is 2.36. The van der Waals surface area contributed by atoms with E-state index in [-0.39, 0.29) is 0 Å². The number of nitriles is 1. The number of rotatable bonds is 6. The maximum atomic E-state index is 10.3. The molecule has 0 fully saturated rings. The summed E-state index contributed by atoms with van der Waals surface area (Å²) in [5.74, 6) is 0. The lowest BCUT2D eigenvalue weighted by atomic mass is 10.1. The highest BCUT2D eigenvalue weighted by Crippen LogP contribution is 2.16. The van der Waals surface area contributed by atoms with E-state index in [1.165, 1.54) is 0 Å². The minimum Gasteiger partial charge on any atom is -0.387 e. The summed E-state index contributed by atoms with van der Waals surface area (Å²) in [4.78, 5) is 1.99. The van der Waals surface area contributed by atoms with Crippen molar-refractivity contribution in [1.29, 1.82) is 5.26 Å². The molecule has 0 amide bonds. The number of hydrogen-bond donors (Lipinski definition) is 2. The Kier molecular flexibility index (Phi) is 5.34. The predicted molar refractivity (Wildman–Crippen MR) is 78.2 cm³/mol. The van der Waals surface area contributed by atoms with E-state index in [1.807, 2.05) is 31.0 Å². The van der Waals surface area contributed by atoms with Gasteiger partial charge in [-0.05, 0) is 31.2 Å². The van der Waals surface area contributed by atoms with Crippen LogP contribution in [0.1, 0.15) is 26.3 Å². The molecular formula is C15H23N3O. The van der Waals surface area contributed by atoms with Gasteiger partial charge in [-0.1, -0.05) is 13.8 Å². The summed E-state index contributed by atoms with van der Waals surface area (Å²) in [6.07, 6.45) is 0. The van der Waals surface area contributed by atoms with E-state index in [9.17, 15) is 5.11 Å². The van der Waals surface area contributed by atoms with Crippen molar-refractivity contribution in [2.75, 3.05) is 25.0 Å². The van der Waals surface area contributed by atoms with Gasteiger partial charge in [0.05, 0.1) is 17.2 Å². The monoisotopic (exact) mass is 261 g/mol. The van der Waals surface area contributed by atoms with Crippen LogP contribution in [0.5, 0.6) is 0 Å². The van der Waals surface area contributed by atoms with Gasteiger partial charge < -0.3 is 15.3 Å². The molecule has 0 saturated heterocycles. The molecule has 1 atom stereocenters. The van der Waals surface area contributed by atoms with Gasteiger partial charge in [0.25, 0.3) is 0 Å². The van der Waals surface area contributed by atoms with Crippen molar-refractivity contribution in [2.45, 2.75) is 32.4 Å². The first kappa shape index (κ1) is 15.5. The zero-order valence-corrected chi connectivity index (χ0v) is 12.1. The number of nitrogens with zero attached hydrogens (tertiary/aromatic N) is 2. The van der Waals surface area contributed by atoms with Crippen molar-refractivity contribution >= 4 is 5.69 Å². The summed E-state index contributed by atoms with van der Waals surface area (Å²) in [7, 11) is 1.94. The van der Waals surface area contributed by atoms with Gasteiger partial charge >= 0.3 is 0 Å². The Labute approximate surface area is 115 Å². The Bertz CT molecular complexity index is 432. The Morgan fingerprint density at radius 1 is 1.37 bits per heavy atom. The van der Waals surface area contributed by atoms with Crippen LogP contribution in [0.25, 0.3) is 0 Å². The molecule has 0 aliphatic carbocycles. The van der Waals surface area contributed by atoms with Gasteiger partial charge in [-0.25, -0.2) is 0 Å². The van der Waals surface area contributed by atoms with E-state index in [4.69, 9.17) is 5.26 Å². The summed E-state index contributed by atoms with van der Waals surface area (Å²) in [6, 6.07) is 9.81. The topological polar surface area (TPSA) is 59.3 Å². The molecule has 0 aliphatic heterocycles. The molecule has 0 radical (unpaired) electrons. The largest absolute Gasteiger partial charge is 0.387 e. The fraction of sp³-hybridized carbons (Fsp3) is 0.533. The fourth-order valence-electron chi connectivity index (χ4n) is 1.87. The Morgan fingerprint density at radius 2 is 1.95 bits per heavy atom. The van der Waals surface area contributed by atoms with Gasteiger partial charge in [0.15, 0.2) is 0 Å². The number of hydrogen-bond acceptors (Lipinski definition) is 4. The summed E-state index contributed by atoms with van der Waals surface area (Å²) in [6.45, 7) is 7.01. The Hall–Kier alpha value is -1.57. The molecule has 0 spiro atoms. The molecule has 2 N–H and O–H groups in total. The van der Waals surface area contributed by atoms with Crippen LogP contribution in [0, 0.1) is 11.3 Å². The van der Waals surface area contributed by atoms with Crippen LogP contribution in [0.4, 0.5) is 5.69 Å². The first-order chi connectivity index (χ1) is 8.84. The highest BCUT2D eigenvalue weighted by Gasteiger charge is 2.22. The van der Waals surface area contributed by atoms with Crippen molar-refractivity contribution in [3.05, 3.63) is 29.8 Å². The van der Waals surface area contributed by atoms with Crippen LogP contribution in [-0.4, -0.2) is 36.9 Å². The van der Waals surface area contributed by atoms with Crippen LogP contribution in [0.2, 0.25) is 0 Å². The van der Waals surface area contributed by atoms with Gasteiger partial charge in [-0.2, -0.15) is 5.26 Å². The van der Waals surface area contributed by atoms with Crippen LogP contribution < -0.4 is 10.2 Å². The zero-order valence-electron chi connectivity index (χ0n) is 12.1. The Balaban J connectivity index is 2.62. The molecule has 0 aliphatic rings. The third-order valence-electron chi connectivity index (χ3n) is 2.91. The predicted octanol–water partition coefficient (Wildman–Crippen LogP) is 1.74. The normalized spacial score (nSPS) is 13.9. The zero-order chi connectivity index (χ0) is 14.5. The standard InChI is InChI=1S/C15H23N3O/c1-12(2)17-10-15(3,19)11-18(4)14-7-5-13(9-16)6-8-14/h5-8,12,17,19H,10-11H2,1-4H3. The lowest BCUT2D eigenvalue weighted by molar-refractivity contribution is 0.0656. The quantitative estimate of drug-likeness (QED) is 0.819. The third kappa shape index (κ3) is 5.29. The van der Waals surface area contributed by atoms with Crippen molar-refractivity contribution in [1.82, 2.24) is 5.32 Å². The second-order valence-electron chi connectivity index (χ2n) is 5.55. The molecular weight excluding hydrogens is 238 g/mol. The first-order valence-electron chi connectivity index (χ1n) is 6.51. The van der Waals surface area contributed by atoms with Crippen LogP contribution in [0.15, 0.2) is 24.3 Å². The van der Waals surface area contributed by atoms with Crippen molar-refractivity contribution < 1.29 is 5.11 Å². The molecule has 1 unspecified atom stereocenters. The summed E-state index contributed by atoms with van der Waals surface area (Å²) in [5, 5.41) is 22.3. The van der Waals surface area contributed by atoms with E-state index in [2.05, 4.69) is 25.2 Å². The van der Waals surface area contributed by atoms with Gasteiger partial charge in [0, 0.05) is 31.9 Å². The summed E-state index contributed by atoms with van der Waals surface area (Å²) in [5.41, 5.74) is 0.835. The van der Waals surface area contributed by atoms with E-state index >= 15 is 0 Å². The third-order valence-corrected chi connectivity index (χ3v) is 2.91. The van der Waals surface area contributed by atoms with Crippen molar-refractivity contribution in [3.8, 4) is 6.07 Å². The van der Waals surface area contributed by atoms with Gasteiger partial charge in [-0.3, -0.25) is 0 Å². The minimum absolute atomic E-state index is 0.353. The number of likely N-dealkylation sites (N-methyl/N-ethyl adjacent to an activating group) is 1. The molecule has 4 nitrogen and oxygen atoms in total. The van der Waals surface area contributed by atoms with E-state index in [0.29, 0.717) is 24.7 Å².